The first-order chi connectivity index (χ1) is 18.4. The van der Waals surface area contributed by atoms with Gasteiger partial charge in [-0.2, -0.15) is 0 Å². The molecule has 4 heterocycles. The van der Waals surface area contributed by atoms with Gasteiger partial charge < -0.3 is 28.9 Å². The number of benzene rings is 1. The summed E-state index contributed by atoms with van der Waals surface area (Å²) in [6.45, 7) is 1.67. The van der Waals surface area contributed by atoms with Gasteiger partial charge in [-0.3, -0.25) is 9.59 Å². The SMILES string of the molecule is CC(=O)Nc1cc(Oc2ccc3nc(Nc4cc(C5CC5)cn(Cc5ncco5)c4=O)n(C)c3c2)ccn1. The number of hydrogen-bond acceptors (Lipinski definition) is 8. The Kier molecular flexibility index (Phi) is 5.87. The quantitative estimate of drug-likeness (QED) is 0.311. The van der Waals surface area contributed by atoms with Crippen LogP contribution in [0.3, 0.4) is 0 Å². The number of fused-ring (bicyclic) bond motifs is 1. The number of amides is 1. The molecular formula is C27H25N7O4. The molecule has 1 saturated carbocycles. The van der Waals surface area contributed by atoms with Gasteiger partial charge in [-0.1, -0.05) is 0 Å². The molecule has 0 atom stereocenters. The Hall–Kier alpha value is -4.93. The van der Waals surface area contributed by atoms with Crippen molar-refractivity contribution < 1.29 is 13.9 Å². The van der Waals surface area contributed by atoms with E-state index in [1.165, 1.54) is 13.2 Å². The zero-order valence-corrected chi connectivity index (χ0v) is 20.8. The number of nitrogens with zero attached hydrogens (tertiary/aromatic N) is 5. The van der Waals surface area contributed by atoms with Crippen LogP contribution < -0.4 is 20.9 Å². The Labute approximate surface area is 217 Å². The lowest BCUT2D eigenvalue weighted by Gasteiger charge is -2.12. The number of carbonyl (C=O) groups is 1. The van der Waals surface area contributed by atoms with Crippen LogP contribution in [0.5, 0.6) is 11.5 Å². The van der Waals surface area contributed by atoms with Gasteiger partial charge in [-0.05, 0) is 48.6 Å². The normalized spacial score (nSPS) is 13.0. The lowest BCUT2D eigenvalue weighted by atomic mass is 10.2. The average molecular weight is 512 g/mol. The van der Waals surface area contributed by atoms with Gasteiger partial charge in [-0.15, -0.1) is 0 Å². The number of carbonyl (C=O) groups excluding carboxylic acids is 1. The molecule has 0 unspecified atom stereocenters. The van der Waals surface area contributed by atoms with Crippen molar-refractivity contribution in [1.82, 2.24) is 24.1 Å². The first-order valence-electron chi connectivity index (χ1n) is 12.2. The summed E-state index contributed by atoms with van der Waals surface area (Å²) in [5.74, 6) is 2.78. The minimum atomic E-state index is -0.210. The predicted molar refractivity (Wildman–Crippen MR) is 141 cm³/mol. The molecule has 2 N–H and O–H groups in total. The van der Waals surface area contributed by atoms with E-state index in [-0.39, 0.29) is 18.0 Å². The Morgan fingerprint density at radius 2 is 1.97 bits per heavy atom. The van der Waals surface area contributed by atoms with Crippen molar-refractivity contribution in [2.45, 2.75) is 32.2 Å². The van der Waals surface area contributed by atoms with Gasteiger partial charge in [0.25, 0.3) is 5.56 Å². The highest BCUT2D eigenvalue weighted by atomic mass is 16.5. The summed E-state index contributed by atoms with van der Waals surface area (Å²) in [4.78, 5) is 37.6. The number of rotatable bonds is 8. The van der Waals surface area contributed by atoms with E-state index in [1.807, 2.05) is 42.1 Å². The molecule has 1 fully saturated rings. The Morgan fingerprint density at radius 3 is 2.74 bits per heavy atom. The highest BCUT2D eigenvalue weighted by Gasteiger charge is 2.26. The highest BCUT2D eigenvalue weighted by molar-refractivity contribution is 5.87. The number of imidazole rings is 1. The number of aromatic nitrogens is 5. The number of pyridine rings is 2. The molecular weight excluding hydrogens is 486 g/mol. The average Bonchev–Trinajstić information content (AvgIpc) is 3.53. The third-order valence-electron chi connectivity index (χ3n) is 6.31. The van der Waals surface area contributed by atoms with E-state index in [1.54, 1.807) is 29.1 Å². The summed E-state index contributed by atoms with van der Waals surface area (Å²) in [6.07, 6.45) is 8.74. The molecule has 11 heteroatoms. The van der Waals surface area contributed by atoms with E-state index < -0.39 is 0 Å². The molecule has 0 saturated heterocycles. The van der Waals surface area contributed by atoms with Crippen LogP contribution in [-0.2, 0) is 18.4 Å². The predicted octanol–water partition coefficient (Wildman–Crippen LogP) is 4.54. The van der Waals surface area contributed by atoms with Crippen LogP contribution in [0, 0.1) is 0 Å². The standard InChI is InChI=1S/C27H25N7O4/c1-16(35)30-24-13-20(7-8-28-24)38-19-5-6-21-23(12-19)33(2)27(31-21)32-22-11-18(17-3-4-17)14-34(26(22)36)15-25-29-9-10-37-25/h5-14,17H,3-4,15H2,1-2H3,(H,31,32)(H,28,30,35). The second kappa shape index (κ2) is 9.51. The van der Waals surface area contributed by atoms with Gasteiger partial charge in [0.1, 0.15) is 35.8 Å². The van der Waals surface area contributed by atoms with E-state index >= 15 is 0 Å². The maximum Gasteiger partial charge on any atom is 0.274 e. The molecule has 0 spiro atoms. The minimum absolute atomic E-state index is 0.184. The van der Waals surface area contributed by atoms with Crippen molar-refractivity contribution in [2.75, 3.05) is 10.6 Å². The summed E-state index contributed by atoms with van der Waals surface area (Å²) in [5, 5.41) is 5.89. The molecule has 1 aromatic carbocycles. The van der Waals surface area contributed by atoms with Crippen molar-refractivity contribution in [1.29, 1.82) is 0 Å². The smallest absolute Gasteiger partial charge is 0.274 e. The molecule has 0 aliphatic heterocycles. The fourth-order valence-corrected chi connectivity index (χ4v) is 4.31. The second-order valence-electron chi connectivity index (χ2n) is 9.25. The van der Waals surface area contributed by atoms with Crippen LogP contribution in [0.2, 0.25) is 0 Å². The maximum atomic E-state index is 13.3. The summed E-state index contributed by atoms with van der Waals surface area (Å²) >= 11 is 0. The maximum absolute atomic E-state index is 13.3. The number of hydrogen-bond donors (Lipinski definition) is 2. The fraction of sp³-hybridized carbons (Fsp3) is 0.222. The van der Waals surface area contributed by atoms with Crippen LogP contribution in [0.4, 0.5) is 17.5 Å². The van der Waals surface area contributed by atoms with Crippen molar-refractivity contribution in [3.8, 4) is 11.5 Å². The summed E-state index contributed by atoms with van der Waals surface area (Å²) in [7, 11) is 1.87. The lowest BCUT2D eigenvalue weighted by molar-refractivity contribution is -0.114. The van der Waals surface area contributed by atoms with E-state index in [2.05, 4.69) is 20.6 Å². The molecule has 192 valence electrons. The van der Waals surface area contributed by atoms with Crippen molar-refractivity contribution in [3.05, 3.63) is 83.1 Å². The number of nitrogens with one attached hydrogen (secondary N) is 2. The monoisotopic (exact) mass is 511 g/mol. The van der Waals surface area contributed by atoms with Crippen molar-refractivity contribution in [2.24, 2.45) is 7.05 Å². The number of anilines is 3. The third-order valence-corrected chi connectivity index (χ3v) is 6.31. The molecule has 5 aromatic rings. The van der Waals surface area contributed by atoms with Crippen molar-refractivity contribution in [3.63, 3.8) is 0 Å². The Balaban J connectivity index is 1.29. The lowest BCUT2D eigenvalue weighted by Crippen LogP contribution is -2.24. The molecule has 11 nitrogen and oxygen atoms in total. The number of ether oxygens (including phenoxy) is 1. The molecule has 0 bridgehead atoms. The van der Waals surface area contributed by atoms with Gasteiger partial charge >= 0.3 is 0 Å². The molecule has 38 heavy (non-hydrogen) atoms. The molecule has 4 aromatic heterocycles. The topological polar surface area (TPSA) is 129 Å². The zero-order chi connectivity index (χ0) is 26.2. The Morgan fingerprint density at radius 1 is 1.13 bits per heavy atom. The van der Waals surface area contributed by atoms with Crippen LogP contribution in [0.25, 0.3) is 11.0 Å². The molecule has 6 rings (SSSR count). The van der Waals surface area contributed by atoms with E-state index in [0.29, 0.717) is 40.8 Å². The van der Waals surface area contributed by atoms with Gasteiger partial charge in [0, 0.05) is 38.5 Å². The summed E-state index contributed by atoms with van der Waals surface area (Å²) < 4.78 is 14.9. The number of oxazole rings is 1. The van der Waals surface area contributed by atoms with Crippen LogP contribution in [-0.4, -0.2) is 30.0 Å². The molecule has 1 aliphatic carbocycles. The van der Waals surface area contributed by atoms with Crippen LogP contribution >= 0.6 is 0 Å². The second-order valence-corrected chi connectivity index (χ2v) is 9.25. The van der Waals surface area contributed by atoms with E-state index in [0.717, 1.165) is 29.4 Å². The largest absolute Gasteiger partial charge is 0.457 e. The van der Waals surface area contributed by atoms with E-state index in [4.69, 9.17) is 14.1 Å². The van der Waals surface area contributed by atoms with Crippen molar-refractivity contribution >= 4 is 34.4 Å². The van der Waals surface area contributed by atoms with Gasteiger partial charge in [0.15, 0.2) is 0 Å². The fourth-order valence-electron chi connectivity index (χ4n) is 4.31. The first kappa shape index (κ1) is 23.5. The van der Waals surface area contributed by atoms with Crippen LogP contribution in [0.1, 0.15) is 37.1 Å². The molecule has 0 radical (unpaired) electrons. The van der Waals surface area contributed by atoms with Gasteiger partial charge in [0.05, 0.1) is 17.2 Å². The number of aryl methyl sites for hydroxylation is 1. The first-order valence-corrected chi connectivity index (χ1v) is 12.2. The molecule has 1 aliphatic rings. The third kappa shape index (κ3) is 4.85. The van der Waals surface area contributed by atoms with Gasteiger partial charge in [0.2, 0.25) is 17.7 Å². The Bertz CT molecular complexity index is 1700. The summed E-state index contributed by atoms with van der Waals surface area (Å²) in [6, 6.07) is 10.8. The molecule has 1 amide bonds. The van der Waals surface area contributed by atoms with E-state index in [9.17, 15) is 9.59 Å². The highest BCUT2D eigenvalue weighted by Crippen LogP contribution is 2.40. The van der Waals surface area contributed by atoms with Crippen LogP contribution in [0.15, 0.2) is 70.5 Å². The summed E-state index contributed by atoms with van der Waals surface area (Å²) in [5.41, 5.74) is 2.92. The van der Waals surface area contributed by atoms with Gasteiger partial charge in [-0.25, -0.2) is 15.0 Å². The minimum Gasteiger partial charge on any atom is -0.457 e. The zero-order valence-electron chi connectivity index (χ0n) is 20.8.